The topological polar surface area (TPSA) is 40.5 Å². The van der Waals surface area contributed by atoms with E-state index in [-0.39, 0.29) is 22.3 Å². The largest absolute Gasteiger partial charge is 0.506 e. The summed E-state index contributed by atoms with van der Waals surface area (Å²) in [4.78, 5) is 0. The van der Waals surface area contributed by atoms with E-state index in [0.29, 0.717) is 16.0 Å². The van der Waals surface area contributed by atoms with E-state index in [9.17, 15) is 10.2 Å². The molecule has 0 radical (unpaired) electrons. The Morgan fingerprint density at radius 2 is 1.28 bits per heavy atom. The van der Waals surface area contributed by atoms with Crippen LogP contribution >= 0.6 is 23.2 Å². The quantitative estimate of drug-likeness (QED) is 0.636. The molecule has 0 heterocycles. The average Bonchev–Trinajstić information content (AvgIpc) is 2.47. The van der Waals surface area contributed by atoms with E-state index in [2.05, 4.69) is 20.8 Å². The van der Waals surface area contributed by atoms with Crippen LogP contribution in [0.4, 0.5) is 0 Å². The third-order valence-electron chi connectivity index (χ3n) is 5.71. The lowest BCUT2D eigenvalue weighted by Crippen LogP contribution is -2.50. The highest BCUT2D eigenvalue weighted by molar-refractivity contribution is 6.32. The van der Waals surface area contributed by atoms with Gasteiger partial charge in [0.25, 0.3) is 0 Å². The zero-order valence-corrected chi connectivity index (χ0v) is 16.3. The molecule has 0 spiro atoms. The molecule has 0 aliphatic heterocycles. The van der Waals surface area contributed by atoms with E-state index in [0.717, 1.165) is 24.0 Å². The zero-order chi connectivity index (χ0) is 18.4. The molecule has 0 unspecified atom stereocenters. The molecule has 134 valence electrons. The van der Waals surface area contributed by atoms with Gasteiger partial charge in [-0.05, 0) is 59.6 Å². The Bertz CT molecular complexity index is 737. The van der Waals surface area contributed by atoms with Gasteiger partial charge in [-0.2, -0.15) is 0 Å². The first-order chi connectivity index (χ1) is 11.7. The highest BCUT2D eigenvalue weighted by atomic mass is 35.5. The Kier molecular flexibility index (Phi) is 4.72. The second-order valence-electron chi connectivity index (χ2n) is 8.02. The first-order valence-corrected chi connectivity index (χ1v) is 9.41. The van der Waals surface area contributed by atoms with Gasteiger partial charge >= 0.3 is 0 Å². The molecular formula is C21H24Cl2O2. The molecule has 0 saturated heterocycles. The number of rotatable bonds is 3. The van der Waals surface area contributed by atoms with Gasteiger partial charge in [0, 0.05) is 5.41 Å². The summed E-state index contributed by atoms with van der Waals surface area (Å²) in [5, 5.41) is 20.5. The number of aromatic hydroxyl groups is 2. The van der Waals surface area contributed by atoms with Crippen LogP contribution < -0.4 is 0 Å². The number of hydrogen-bond donors (Lipinski definition) is 2. The molecule has 0 amide bonds. The summed E-state index contributed by atoms with van der Waals surface area (Å²) in [6, 6.07) is 11.0. The Labute approximate surface area is 159 Å². The van der Waals surface area contributed by atoms with Crippen molar-refractivity contribution >= 4 is 23.2 Å². The smallest absolute Gasteiger partial charge is 0.134 e. The molecule has 2 N–H and O–H groups in total. The Hall–Kier alpha value is -1.38. The van der Waals surface area contributed by atoms with E-state index >= 15 is 0 Å². The van der Waals surface area contributed by atoms with Gasteiger partial charge in [-0.1, -0.05) is 62.5 Å². The highest BCUT2D eigenvalue weighted by Gasteiger charge is 2.52. The van der Waals surface area contributed by atoms with Crippen molar-refractivity contribution in [1.29, 1.82) is 0 Å². The van der Waals surface area contributed by atoms with Crippen molar-refractivity contribution in [3.8, 4) is 11.5 Å². The predicted molar refractivity (Wildman–Crippen MR) is 104 cm³/mol. The lowest BCUT2D eigenvalue weighted by atomic mass is 9.49. The van der Waals surface area contributed by atoms with Crippen molar-refractivity contribution in [3.05, 3.63) is 57.6 Å². The van der Waals surface area contributed by atoms with Crippen molar-refractivity contribution in [2.24, 2.45) is 11.3 Å². The first-order valence-electron chi connectivity index (χ1n) is 8.66. The summed E-state index contributed by atoms with van der Waals surface area (Å²) in [6.45, 7) is 6.69. The first kappa shape index (κ1) is 18.4. The molecule has 4 heteroatoms. The molecule has 1 aliphatic rings. The number of hydrogen-bond acceptors (Lipinski definition) is 2. The Balaban J connectivity index is 2.32. The molecule has 1 aliphatic carbocycles. The molecular weight excluding hydrogens is 355 g/mol. The summed E-state index contributed by atoms with van der Waals surface area (Å²) in [5.74, 6) is 0.630. The molecule has 25 heavy (non-hydrogen) atoms. The highest BCUT2D eigenvalue weighted by Crippen LogP contribution is 2.58. The van der Waals surface area contributed by atoms with Gasteiger partial charge in [-0.25, -0.2) is 0 Å². The monoisotopic (exact) mass is 378 g/mol. The second kappa shape index (κ2) is 6.41. The van der Waals surface area contributed by atoms with Crippen LogP contribution in [0.25, 0.3) is 0 Å². The molecule has 1 saturated carbocycles. The maximum atomic E-state index is 9.89. The van der Waals surface area contributed by atoms with Crippen LogP contribution in [0, 0.1) is 11.3 Å². The van der Waals surface area contributed by atoms with Crippen LogP contribution in [-0.2, 0) is 5.41 Å². The number of phenols is 2. The number of halogens is 2. The lowest BCUT2D eigenvalue weighted by molar-refractivity contribution is 0.0867. The fourth-order valence-corrected chi connectivity index (χ4v) is 4.82. The SMILES string of the molecule is CC(C)(C)C(c1ccc(O)c(Cl)c1)(c1ccc(O)c(Cl)c1)C1CCC1. The van der Waals surface area contributed by atoms with Gasteiger partial charge in [0.05, 0.1) is 10.0 Å². The van der Waals surface area contributed by atoms with Gasteiger partial charge in [-0.3, -0.25) is 0 Å². The summed E-state index contributed by atoms with van der Waals surface area (Å²) in [6.07, 6.45) is 3.47. The standard InChI is InChI=1S/C21H24Cl2O2/c1-20(2,3)21(13-5-4-6-13,14-7-9-18(24)16(22)11-14)15-8-10-19(25)17(23)12-15/h7-13,24-25H,4-6H2,1-3H3. The molecule has 0 aromatic heterocycles. The van der Waals surface area contributed by atoms with Gasteiger partial charge in [0.1, 0.15) is 11.5 Å². The molecule has 0 atom stereocenters. The van der Waals surface area contributed by atoms with Crippen molar-refractivity contribution in [3.63, 3.8) is 0 Å². The predicted octanol–water partition coefficient (Wildman–Crippen LogP) is 6.54. The van der Waals surface area contributed by atoms with E-state index in [1.165, 1.54) is 6.42 Å². The minimum Gasteiger partial charge on any atom is -0.506 e. The number of benzene rings is 2. The fraction of sp³-hybridized carbons (Fsp3) is 0.429. The summed E-state index contributed by atoms with van der Waals surface area (Å²) in [7, 11) is 0. The van der Waals surface area contributed by atoms with Crippen LogP contribution in [0.2, 0.25) is 10.0 Å². The zero-order valence-electron chi connectivity index (χ0n) is 14.8. The summed E-state index contributed by atoms with van der Waals surface area (Å²) in [5.41, 5.74) is 1.74. The molecule has 3 rings (SSSR count). The molecule has 2 aromatic carbocycles. The van der Waals surface area contributed by atoms with E-state index in [4.69, 9.17) is 23.2 Å². The molecule has 1 fully saturated rings. The third kappa shape index (κ3) is 2.90. The molecule has 2 nitrogen and oxygen atoms in total. The van der Waals surface area contributed by atoms with Crippen molar-refractivity contribution in [2.45, 2.75) is 45.4 Å². The minimum atomic E-state index is -0.306. The Morgan fingerprint density at radius 3 is 1.56 bits per heavy atom. The van der Waals surface area contributed by atoms with Gasteiger partial charge in [0.15, 0.2) is 0 Å². The van der Waals surface area contributed by atoms with E-state index < -0.39 is 0 Å². The van der Waals surface area contributed by atoms with Crippen LogP contribution in [0.3, 0.4) is 0 Å². The van der Waals surface area contributed by atoms with Crippen LogP contribution in [0.15, 0.2) is 36.4 Å². The third-order valence-corrected chi connectivity index (χ3v) is 6.31. The Morgan fingerprint density at radius 1 is 0.840 bits per heavy atom. The van der Waals surface area contributed by atoms with E-state index in [1.54, 1.807) is 12.1 Å². The number of phenolic OH excluding ortho intramolecular Hbond substituents is 2. The van der Waals surface area contributed by atoms with Gasteiger partial charge in [0.2, 0.25) is 0 Å². The summed E-state index contributed by atoms with van der Waals surface area (Å²) < 4.78 is 0. The van der Waals surface area contributed by atoms with Gasteiger partial charge < -0.3 is 10.2 Å². The molecule has 2 aromatic rings. The normalized spacial score (nSPS) is 15.9. The fourth-order valence-electron chi connectivity index (χ4n) is 4.46. The maximum Gasteiger partial charge on any atom is 0.134 e. The van der Waals surface area contributed by atoms with Crippen molar-refractivity contribution in [1.82, 2.24) is 0 Å². The van der Waals surface area contributed by atoms with Crippen LogP contribution in [-0.4, -0.2) is 10.2 Å². The van der Waals surface area contributed by atoms with Crippen LogP contribution in [0.1, 0.15) is 51.2 Å². The van der Waals surface area contributed by atoms with Crippen molar-refractivity contribution < 1.29 is 10.2 Å². The van der Waals surface area contributed by atoms with E-state index in [1.807, 2.05) is 24.3 Å². The second-order valence-corrected chi connectivity index (χ2v) is 8.83. The molecule has 0 bridgehead atoms. The van der Waals surface area contributed by atoms with Crippen LogP contribution in [0.5, 0.6) is 11.5 Å². The lowest BCUT2D eigenvalue weighted by Gasteiger charge is -2.54. The summed E-state index contributed by atoms with van der Waals surface area (Å²) >= 11 is 12.5. The van der Waals surface area contributed by atoms with Crippen molar-refractivity contribution in [2.75, 3.05) is 0 Å². The van der Waals surface area contributed by atoms with Gasteiger partial charge in [-0.15, -0.1) is 0 Å². The maximum absolute atomic E-state index is 9.89. The average molecular weight is 379 g/mol. The minimum absolute atomic E-state index is 0.0885.